The van der Waals surface area contributed by atoms with Crippen molar-refractivity contribution in [3.8, 4) is 0 Å². The van der Waals surface area contributed by atoms with E-state index in [2.05, 4.69) is 13.8 Å². The molecule has 24 heavy (non-hydrogen) atoms. The Kier molecular flexibility index (Phi) is 18.2. The molecule has 0 saturated heterocycles. The van der Waals surface area contributed by atoms with E-state index in [1.807, 2.05) is 91.0 Å². The standard InChI is InChI=1S/2C7H7.C5H5.C3H8O.Hf/c2*1-7-5-3-2-4-6-7;1-2-4-5-3-1;1-3(2)4;/h2*2-6H,1H2;1-5H;3-4H,1-2H3;/q3*-1;;. The van der Waals surface area contributed by atoms with Crippen LogP contribution in [0, 0.1) is 13.8 Å². The molecular weight excluding hydrogens is 459 g/mol. The van der Waals surface area contributed by atoms with E-state index in [1.54, 1.807) is 13.8 Å². The summed E-state index contributed by atoms with van der Waals surface area (Å²) in [6, 6.07) is 29.7. The summed E-state index contributed by atoms with van der Waals surface area (Å²) in [5, 5.41) is 8.06. The molecule has 3 aromatic rings. The molecule has 0 saturated carbocycles. The fourth-order valence-electron chi connectivity index (χ4n) is 1.28. The third kappa shape index (κ3) is 20.4. The third-order valence-electron chi connectivity index (χ3n) is 2.24. The number of hydrogen-bond donors (Lipinski definition) is 1. The van der Waals surface area contributed by atoms with E-state index in [0.29, 0.717) is 0 Å². The van der Waals surface area contributed by atoms with Crippen LogP contribution in [-0.2, 0) is 25.8 Å². The molecule has 0 aliphatic rings. The average Bonchev–Trinajstić information content (AvgIpc) is 3.08. The predicted octanol–water partition coefficient (Wildman–Crippen LogP) is 5.53. The first kappa shape index (κ1) is 24.6. The predicted molar refractivity (Wildman–Crippen MR) is 101 cm³/mol. The Morgan fingerprint density at radius 3 is 1.12 bits per heavy atom. The van der Waals surface area contributed by atoms with E-state index in [-0.39, 0.29) is 31.9 Å². The molecule has 3 aromatic carbocycles. The topological polar surface area (TPSA) is 20.2 Å². The maximum atomic E-state index is 8.06. The smallest absolute Gasteiger partial charge is 0.0483 e. The molecule has 0 fully saturated rings. The van der Waals surface area contributed by atoms with Gasteiger partial charge in [0.2, 0.25) is 0 Å². The van der Waals surface area contributed by atoms with Gasteiger partial charge in [0.05, 0.1) is 0 Å². The Balaban J connectivity index is 0. The molecule has 0 heterocycles. The molecule has 2 heteroatoms. The summed E-state index contributed by atoms with van der Waals surface area (Å²) in [7, 11) is 0. The van der Waals surface area contributed by atoms with Crippen LogP contribution in [0.1, 0.15) is 25.0 Å². The van der Waals surface area contributed by atoms with Crippen molar-refractivity contribution in [1.29, 1.82) is 0 Å². The van der Waals surface area contributed by atoms with Crippen molar-refractivity contribution < 1.29 is 30.9 Å². The zero-order valence-electron chi connectivity index (χ0n) is 14.6. The van der Waals surface area contributed by atoms with Gasteiger partial charge in [-0.05, 0) is 13.8 Å². The van der Waals surface area contributed by atoms with Gasteiger partial charge < -0.3 is 5.11 Å². The number of rotatable bonds is 0. The van der Waals surface area contributed by atoms with Crippen molar-refractivity contribution in [1.82, 2.24) is 0 Å². The van der Waals surface area contributed by atoms with Crippen LogP contribution in [-0.4, -0.2) is 11.2 Å². The van der Waals surface area contributed by atoms with Crippen molar-refractivity contribution in [2.75, 3.05) is 0 Å². The summed E-state index contributed by atoms with van der Waals surface area (Å²) in [4.78, 5) is 0. The van der Waals surface area contributed by atoms with Gasteiger partial charge >= 0.3 is 0 Å². The molecule has 0 radical (unpaired) electrons. The molecule has 0 unspecified atom stereocenters. The molecule has 0 atom stereocenters. The largest absolute Gasteiger partial charge is 0.394 e. The van der Waals surface area contributed by atoms with E-state index in [4.69, 9.17) is 5.11 Å². The van der Waals surface area contributed by atoms with Crippen molar-refractivity contribution in [2.45, 2.75) is 20.0 Å². The molecule has 3 rings (SSSR count). The molecule has 1 N–H and O–H groups in total. The normalized spacial score (nSPS) is 8.17. The van der Waals surface area contributed by atoms with Crippen LogP contribution in [0.2, 0.25) is 0 Å². The summed E-state index contributed by atoms with van der Waals surface area (Å²) in [6.45, 7) is 10.9. The van der Waals surface area contributed by atoms with Gasteiger partial charge in [-0.15, -0.1) is 24.3 Å². The van der Waals surface area contributed by atoms with Gasteiger partial charge in [-0.1, -0.05) is 12.1 Å². The van der Waals surface area contributed by atoms with Crippen LogP contribution in [0.25, 0.3) is 0 Å². The molecule has 0 aliphatic carbocycles. The fraction of sp³-hybridized carbons (Fsp3) is 0.136. The van der Waals surface area contributed by atoms with E-state index < -0.39 is 0 Å². The summed E-state index contributed by atoms with van der Waals surface area (Å²) in [5.74, 6) is 0. The first-order chi connectivity index (χ1) is 11.0. The Bertz CT molecular complexity index is 488. The van der Waals surface area contributed by atoms with Crippen LogP contribution >= 0.6 is 0 Å². The summed E-state index contributed by atoms with van der Waals surface area (Å²) < 4.78 is 0. The van der Waals surface area contributed by atoms with Gasteiger partial charge in [0, 0.05) is 31.9 Å². The minimum atomic E-state index is -0.167. The monoisotopic (exact) mass is 487 g/mol. The SMILES string of the molecule is CC(C)O.[CH2-]c1ccccc1.[CH2-]c1ccccc1.[Hf].c1cc[cH-]c1. The Hall–Kier alpha value is -1.64. The second-order valence-corrected chi connectivity index (χ2v) is 5.03. The Morgan fingerprint density at radius 1 is 0.708 bits per heavy atom. The van der Waals surface area contributed by atoms with E-state index in [0.717, 1.165) is 11.1 Å². The maximum absolute atomic E-state index is 8.06. The van der Waals surface area contributed by atoms with Crippen LogP contribution < -0.4 is 0 Å². The molecule has 0 amide bonds. The van der Waals surface area contributed by atoms with Crippen LogP contribution in [0.3, 0.4) is 0 Å². The first-order valence-corrected chi connectivity index (χ1v) is 7.61. The molecule has 0 bridgehead atoms. The van der Waals surface area contributed by atoms with Gasteiger partial charge in [-0.25, -0.2) is 12.1 Å². The average molecular weight is 486 g/mol. The molecule has 0 spiro atoms. The van der Waals surface area contributed by atoms with Crippen LogP contribution in [0.4, 0.5) is 0 Å². The van der Waals surface area contributed by atoms with Crippen molar-refractivity contribution in [3.05, 3.63) is 116 Å². The minimum absolute atomic E-state index is 0. The van der Waals surface area contributed by atoms with Gasteiger partial charge in [-0.3, -0.25) is 0 Å². The first-order valence-electron chi connectivity index (χ1n) is 7.61. The number of aliphatic hydroxyl groups is 1. The minimum Gasteiger partial charge on any atom is -0.394 e. The number of benzene rings is 2. The number of hydrogen-bond acceptors (Lipinski definition) is 1. The van der Waals surface area contributed by atoms with Crippen molar-refractivity contribution in [2.24, 2.45) is 0 Å². The number of aliphatic hydroxyl groups excluding tert-OH is 1. The van der Waals surface area contributed by atoms with Crippen LogP contribution in [0.15, 0.2) is 91.0 Å². The van der Waals surface area contributed by atoms with Gasteiger partial charge in [0.15, 0.2) is 0 Å². The summed E-state index contributed by atoms with van der Waals surface area (Å²) >= 11 is 0. The zero-order chi connectivity index (χ0) is 17.3. The zero-order valence-corrected chi connectivity index (χ0v) is 18.2. The molecule has 128 valence electrons. The second kappa shape index (κ2) is 17.7. The molecule has 0 aliphatic heterocycles. The Labute approximate surface area is 166 Å². The van der Waals surface area contributed by atoms with Crippen LogP contribution in [0.5, 0.6) is 0 Å². The summed E-state index contributed by atoms with van der Waals surface area (Å²) in [5.41, 5.74) is 2.14. The quantitative estimate of drug-likeness (QED) is 0.328. The van der Waals surface area contributed by atoms with Crippen molar-refractivity contribution >= 4 is 0 Å². The van der Waals surface area contributed by atoms with Gasteiger partial charge in [-0.2, -0.15) is 67.4 Å². The maximum Gasteiger partial charge on any atom is 0.0483 e. The second-order valence-electron chi connectivity index (χ2n) is 5.03. The molecule has 0 aromatic heterocycles. The fourth-order valence-corrected chi connectivity index (χ4v) is 1.28. The van der Waals surface area contributed by atoms with Crippen molar-refractivity contribution in [3.63, 3.8) is 0 Å². The van der Waals surface area contributed by atoms with E-state index in [1.165, 1.54) is 0 Å². The third-order valence-corrected chi connectivity index (χ3v) is 2.24. The summed E-state index contributed by atoms with van der Waals surface area (Å²) in [6.07, 6.45) is -0.167. The van der Waals surface area contributed by atoms with Gasteiger partial charge in [0.1, 0.15) is 0 Å². The van der Waals surface area contributed by atoms with E-state index >= 15 is 0 Å². The van der Waals surface area contributed by atoms with E-state index in [9.17, 15) is 0 Å². The molecular formula is C22H27HfO-3. The van der Waals surface area contributed by atoms with Gasteiger partial charge in [0.25, 0.3) is 0 Å². The molecule has 1 nitrogen and oxygen atoms in total. The Morgan fingerprint density at radius 2 is 1.00 bits per heavy atom.